The number of carbonyl (C=O) groups is 11. The molecular weight excluding hydrogens is 750 g/mol. The Morgan fingerprint density at radius 3 is 1.11 bits per heavy atom. The average molecular weight is 816 g/mol. The Kier molecular flexibility index (Phi) is 55.5. The van der Waals surface area contributed by atoms with E-state index >= 15 is 0 Å². The molecule has 1 rings (SSSR count). The van der Waals surface area contributed by atoms with E-state index in [1.807, 2.05) is 14.1 Å². The summed E-state index contributed by atoms with van der Waals surface area (Å²) in [6.07, 6.45) is -6.25. The second-order valence-electron chi connectivity index (χ2n) is 10.9. The first-order valence-corrected chi connectivity index (χ1v) is 15.9. The smallest absolute Gasteiger partial charge is 0.303 e. The first-order valence-electron chi connectivity index (χ1n) is 15.9. The lowest BCUT2D eigenvalue weighted by Gasteiger charge is -2.31. The van der Waals surface area contributed by atoms with Crippen molar-refractivity contribution in [2.75, 3.05) is 34.3 Å². The van der Waals surface area contributed by atoms with Gasteiger partial charge in [0.25, 0.3) is 0 Å². The molecule has 1 saturated heterocycles. The Bertz CT molecular complexity index is 1100. The van der Waals surface area contributed by atoms with Gasteiger partial charge in [0.15, 0.2) is 30.6 Å². The highest BCUT2D eigenvalue weighted by molar-refractivity contribution is 6.02. The molecule has 0 radical (unpaired) electrons. The van der Waals surface area contributed by atoms with E-state index in [4.69, 9.17) is 20.0 Å². The zero-order chi connectivity index (χ0) is 46.9. The summed E-state index contributed by atoms with van der Waals surface area (Å²) < 4.78 is 14.2. The number of esters is 3. The number of nitrogens with one attached hydrogen (secondary N) is 3. The molecule has 0 aromatic carbocycles. The van der Waals surface area contributed by atoms with Crippen molar-refractivity contribution >= 4 is 71.1 Å². The molecule has 0 aromatic rings. The Labute approximate surface area is 328 Å². The predicted octanol–water partition coefficient (Wildman–Crippen LogP) is -2.59. The molecule has 0 aliphatic carbocycles. The highest BCUT2D eigenvalue weighted by atomic mass is 16.6. The van der Waals surface area contributed by atoms with E-state index in [0.717, 1.165) is 20.8 Å². The highest BCUT2D eigenvalue weighted by Crippen LogP contribution is 2.16. The number of carbonyl (C=O) groups excluding carboxylic acids is 11. The number of likely N-dealkylation sites (N-methyl/N-ethyl adjacent to an activating group) is 1. The van der Waals surface area contributed by atoms with E-state index in [2.05, 4.69) is 32.6 Å². The van der Waals surface area contributed by atoms with Crippen molar-refractivity contribution in [1.82, 2.24) is 15.5 Å². The maximum absolute atomic E-state index is 11.1. The molecule has 0 bridgehead atoms. The minimum Gasteiger partial charge on any atom is -0.456 e. The van der Waals surface area contributed by atoms with Crippen molar-refractivity contribution in [3.05, 3.63) is 0 Å². The molecule has 0 unspecified atom stereocenters. The summed E-state index contributed by atoms with van der Waals surface area (Å²) >= 11 is 0. The van der Waals surface area contributed by atoms with Crippen LogP contribution in [-0.4, -0.2) is 145 Å². The van der Waals surface area contributed by atoms with Crippen molar-refractivity contribution < 1.29 is 77.2 Å². The molecule has 1 heterocycles. The first kappa shape index (κ1) is 68.3. The molecule has 0 saturated carbocycles. The van der Waals surface area contributed by atoms with Gasteiger partial charge in [0, 0.05) is 48.6 Å². The molecule has 11 N–H and O–H groups in total. The van der Waals surface area contributed by atoms with E-state index in [-0.39, 0.29) is 53.2 Å². The van der Waals surface area contributed by atoms with Crippen LogP contribution < -0.4 is 27.8 Å². The van der Waals surface area contributed by atoms with Gasteiger partial charge in [-0.15, -0.1) is 0 Å². The molecule has 56 heavy (non-hydrogen) atoms. The Balaban J connectivity index is -0.0000000898. The fourth-order valence-corrected chi connectivity index (χ4v) is 2.10. The van der Waals surface area contributed by atoms with Crippen LogP contribution in [0.4, 0.5) is 0 Å². The van der Waals surface area contributed by atoms with Crippen LogP contribution in [0.5, 0.6) is 0 Å². The number of ketones is 3. The Morgan fingerprint density at radius 2 is 0.964 bits per heavy atom. The maximum atomic E-state index is 11.1. The summed E-state index contributed by atoms with van der Waals surface area (Å²) in [6.45, 7) is 15.6. The lowest BCUT2D eigenvalue weighted by Crippen LogP contribution is -2.52. The molecule has 23 nitrogen and oxygen atoms in total. The van der Waals surface area contributed by atoms with E-state index in [1.165, 1.54) is 62.3 Å². The Morgan fingerprint density at radius 1 is 0.714 bits per heavy atom. The zero-order valence-corrected chi connectivity index (χ0v) is 35.1. The second kappa shape index (κ2) is 45.5. The molecule has 1 fully saturated rings. The van der Waals surface area contributed by atoms with E-state index < -0.39 is 48.9 Å². The van der Waals surface area contributed by atoms with Crippen molar-refractivity contribution in [1.29, 1.82) is 5.41 Å². The van der Waals surface area contributed by atoms with Crippen LogP contribution in [0.25, 0.3) is 0 Å². The number of nitrogens with two attached hydrogens (primary N) is 3. The topological polar surface area (TPSA) is 385 Å². The molecule has 23 heteroatoms. The molecule has 0 spiro atoms. The molecule has 4 atom stereocenters. The van der Waals surface area contributed by atoms with Crippen LogP contribution >= 0.6 is 0 Å². The Hall–Kier alpha value is -5.68. The lowest BCUT2D eigenvalue weighted by atomic mass is 10.0. The van der Waals surface area contributed by atoms with E-state index in [1.54, 1.807) is 11.9 Å². The number of ether oxygens (including phenoxy) is 3. The van der Waals surface area contributed by atoms with Crippen LogP contribution in [0.1, 0.15) is 83.1 Å². The number of amides is 4. The summed E-state index contributed by atoms with van der Waals surface area (Å²) in [5.41, 5.74) is 13.4. The van der Waals surface area contributed by atoms with Crippen molar-refractivity contribution in [3.8, 4) is 0 Å². The molecular formula is C33H65N7O16. The zero-order valence-electron chi connectivity index (χ0n) is 35.1. The van der Waals surface area contributed by atoms with Gasteiger partial charge in [-0.05, 0) is 55.6 Å². The first-order chi connectivity index (χ1) is 25.2. The number of guanidine groups is 1. The summed E-state index contributed by atoms with van der Waals surface area (Å²) in [4.78, 5) is 112. The van der Waals surface area contributed by atoms with Crippen molar-refractivity contribution in [3.63, 3.8) is 0 Å². The second-order valence-corrected chi connectivity index (χ2v) is 10.9. The number of rotatable bonds is 8. The maximum Gasteiger partial charge on any atom is 0.303 e. The largest absolute Gasteiger partial charge is 0.456 e. The molecule has 4 amide bonds. The fraction of sp³-hybridized carbons (Fsp3) is 0.636. The van der Waals surface area contributed by atoms with Gasteiger partial charge in [-0.25, -0.2) is 0 Å². The van der Waals surface area contributed by atoms with Gasteiger partial charge in [0.2, 0.25) is 23.6 Å². The summed E-state index contributed by atoms with van der Waals surface area (Å²) in [6, 6.07) is 0. The van der Waals surface area contributed by atoms with Gasteiger partial charge in [-0.1, -0.05) is 0 Å². The fourth-order valence-electron chi connectivity index (χ4n) is 2.10. The van der Waals surface area contributed by atoms with Gasteiger partial charge >= 0.3 is 17.9 Å². The van der Waals surface area contributed by atoms with Crippen LogP contribution in [0, 0.1) is 5.41 Å². The van der Waals surface area contributed by atoms with E-state index in [0.29, 0.717) is 6.54 Å². The molecule has 1 aliphatic heterocycles. The van der Waals surface area contributed by atoms with Gasteiger partial charge < -0.3 is 66.2 Å². The van der Waals surface area contributed by atoms with Crippen LogP contribution in [-0.2, 0) is 67.0 Å². The summed E-state index contributed by atoms with van der Waals surface area (Å²) in [5, 5.41) is 30.7. The van der Waals surface area contributed by atoms with Gasteiger partial charge in [-0.3, -0.25) is 49.1 Å². The number of aliphatic hydroxyl groups is 2. The number of nitrogens with zero attached hydrogens (tertiary/aromatic N) is 1. The van der Waals surface area contributed by atoms with Crippen LogP contribution in [0.2, 0.25) is 0 Å². The monoisotopic (exact) mass is 815 g/mol. The average Bonchev–Trinajstić information content (AvgIpc) is 3.25. The molecule has 1 aliphatic rings. The van der Waals surface area contributed by atoms with Crippen molar-refractivity contribution in [2.45, 2.75) is 108 Å². The molecule has 0 aromatic heterocycles. The normalized spacial score (nSPS) is 11.8. The standard InChI is InChI=1S/C12H18O9.C4H7N3O.3C3H6O.3C2H5NO.C2H7N/c1-6(15)19-10(5-14)12(21-8(3)17)11(9(18)4-13)20-7(2)16;1-7-2-3(8)6-4(7)5;3*1-3(2)4;3*1-2(3)4;1-3-2/h5,9-13,18H,4H2,1-3H3;2H2,1H3,(H2,5,6,8);3*1-2H3;3*1H3,(H2,3,4);3H,1-2H3/t9-,10+,11-,12-;;;;;;;;/m1......../s1. The number of Topliss-reactive ketones (excluding diaryl/α,β-unsaturated/α-hetero) is 3. The number of hydrogen-bond acceptors (Lipinski definition) is 18. The highest BCUT2D eigenvalue weighted by Gasteiger charge is 2.41. The third-order valence-corrected chi connectivity index (χ3v) is 3.27. The number of hydrogen-bond donors (Lipinski definition) is 8. The number of primary amides is 3. The minimum atomic E-state index is -1.64. The minimum absolute atomic E-state index is 0.0995. The summed E-state index contributed by atoms with van der Waals surface area (Å²) in [5.74, 6) is -2.96. The SMILES string of the molecule is CC(=O)O[C@@H]([C@H](OC(C)=O)[C@H](C=O)OC(C)=O)[C@H](O)CO.CC(C)=O.CC(C)=O.CC(C)=O.CC(N)=O.CC(N)=O.CC(N)=O.CN1CC(=O)NC1=N.CNC. The number of aldehydes is 1. The predicted molar refractivity (Wildman–Crippen MR) is 203 cm³/mol. The third kappa shape index (κ3) is 91.9. The van der Waals surface area contributed by atoms with Crippen LogP contribution in [0.15, 0.2) is 0 Å². The quantitative estimate of drug-likeness (QED) is 0.0708. The van der Waals surface area contributed by atoms with E-state index in [9.17, 15) is 57.8 Å². The molecule has 328 valence electrons. The number of aliphatic hydroxyl groups excluding tert-OH is 2. The van der Waals surface area contributed by atoms with Crippen molar-refractivity contribution in [2.24, 2.45) is 17.2 Å². The van der Waals surface area contributed by atoms with Crippen LogP contribution in [0.3, 0.4) is 0 Å². The van der Waals surface area contributed by atoms with Gasteiger partial charge in [0.1, 0.15) is 23.5 Å². The third-order valence-electron chi connectivity index (χ3n) is 3.27. The lowest BCUT2D eigenvalue weighted by molar-refractivity contribution is -0.193. The van der Waals surface area contributed by atoms with Gasteiger partial charge in [0.05, 0.1) is 13.2 Å². The van der Waals surface area contributed by atoms with Gasteiger partial charge in [-0.2, -0.15) is 0 Å². The summed E-state index contributed by atoms with van der Waals surface area (Å²) in [7, 11) is 5.44.